The quantitative estimate of drug-likeness (QED) is 0.383. The SMILES string of the molecule is O=C(NC(Cc1ccc(F)cc1F)C(=O)c1cc[nH]c(=O)c1)c1cc2cc(Cl)ccc2[nH]1. The van der Waals surface area contributed by atoms with E-state index in [1.807, 2.05) is 0 Å². The number of carbonyl (C=O) groups is 2. The van der Waals surface area contributed by atoms with Crippen LogP contribution in [-0.2, 0) is 6.42 Å². The molecule has 0 radical (unpaired) electrons. The van der Waals surface area contributed by atoms with Gasteiger partial charge in [0.1, 0.15) is 17.3 Å². The smallest absolute Gasteiger partial charge is 0.268 e. The second-order valence-corrected chi connectivity index (χ2v) is 7.62. The number of rotatable bonds is 6. The first-order chi connectivity index (χ1) is 15.3. The van der Waals surface area contributed by atoms with E-state index in [0.717, 1.165) is 12.1 Å². The van der Waals surface area contributed by atoms with Gasteiger partial charge in [-0.15, -0.1) is 0 Å². The molecule has 162 valence electrons. The largest absolute Gasteiger partial charge is 0.351 e. The standard InChI is InChI=1S/C23H16ClF2N3O3/c24-15-2-4-18-14(7-15)9-20(28-18)23(32)29-19(8-12-1-3-16(25)11-17(12)26)22(31)13-5-6-27-21(30)10-13/h1-7,9-11,19,28H,8H2,(H,27,30)(H,29,32). The topological polar surface area (TPSA) is 94.8 Å². The van der Waals surface area contributed by atoms with Crippen molar-refractivity contribution in [1.82, 2.24) is 15.3 Å². The summed E-state index contributed by atoms with van der Waals surface area (Å²) in [6, 6.07) is 10.9. The Morgan fingerprint density at radius 2 is 1.84 bits per heavy atom. The number of H-pyrrole nitrogens is 2. The van der Waals surface area contributed by atoms with Crippen molar-refractivity contribution in [3.05, 3.63) is 105 Å². The van der Waals surface area contributed by atoms with Gasteiger partial charge in [0.2, 0.25) is 5.56 Å². The molecule has 0 aliphatic carbocycles. The molecule has 9 heteroatoms. The van der Waals surface area contributed by atoms with Crippen molar-refractivity contribution in [3.8, 4) is 0 Å². The minimum absolute atomic E-state index is 0.0401. The summed E-state index contributed by atoms with van der Waals surface area (Å²) in [6.07, 6.45) is 1.06. The predicted octanol–water partition coefficient (Wildman–Crippen LogP) is 4.01. The Morgan fingerprint density at radius 3 is 2.59 bits per heavy atom. The summed E-state index contributed by atoms with van der Waals surface area (Å²) in [6.45, 7) is 0. The molecule has 0 saturated heterocycles. The molecule has 0 aliphatic heterocycles. The van der Waals surface area contributed by atoms with E-state index in [-0.39, 0.29) is 23.2 Å². The van der Waals surface area contributed by atoms with E-state index in [1.165, 1.54) is 18.3 Å². The lowest BCUT2D eigenvalue weighted by atomic mass is 9.97. The molecule has 1 amide bonds. The second-order valence-electron chi connectivity index (χ2n) is 7.19. The number of pyridine rings is 1. The number of ketones is 1. The molecule has 32 heavy (non-hydrogen) atoms. The van der Waals surface area contributed by atoms with Crippen LogP contribution < -0.4 is 10.9 Å². The molecule has 6 nitrogen and oxygen atoms in total. The van der Waals surface area contributed by atoms with Crippen LogP contribution in [0.4, 0.5) is 8.78 Å². The van der Waals surface area contributed by atoms with Crippen molar-refractivity contribution in [2.24, 2.45) is 0 Å². The van der Waals surface area contributed by atoms with Gasteiger partial charge >= 0.3 is 0 Å². The van der Waals surface area contributed by atoms with E-state index in [1.54, 1.807) is 24.3 Å². The van der Waals surface area contributed by atoms with Crippen LogP contribution in [-0.4, -0.2) is 27.7 Å². The molecular weight excluding hydrogens is 440 g/mol. The van der Waals surface area contributed by atoms with Gasteiger partial charge in [0.15, 0.2) is 5.78 Å². The van der Waals surface area contributed by atoms with E-state index in [4.69, 9.17) is 11.6 Å². The highest BCUT2D eigenvalue weighted by Gasteiger charge is 2.25. The van der Waals surface area contributed by atoms with Gasteiger partial charge < -0.3 is 15.3 Å². The fraction of sp³-hybridized carbons (Fsp3) is 0.0870. The number of carbonyl (C=O) groups excluding carboxylic acids is 2. The molecule has 0 spiro atoms. The normalized spacial score (nSPS) is 12.0. The maximum absolute atomic E-state index is 14.2. The van der Waals surface area contributed by atoms with Crippen LogP contribution in [0.15, 0.2) is 65.6 Å². The minimum atomic E-state index is -1.21. The number of halogens is 3. The zero-order valence-corrected chi connectivity index (χ0v) is 17.2. The highest BCUT2D eigenvalue weighted by atomic mass is 35.5. The van der Waals surface area contributed by atoms with Crippen LogP contribution >= 0.6 is 11.6 Å². The van der Waals surface area contributed by atoms with Crippen molar-refractivity contribution in [3.63, 3.8) is 0 Å². The summed E-state index contributed by atoms with van der Waals surface area (Å²) in [5, 5.41) is 3.79. The molecule has 2 heterocycles. The Bertz CT molecular complexity index is 1400. The predicted molar refractivity (Wildman–Crippen MR) is 116 cm³/mol. The molecule has 1 atom stereocenters. The van der Waals surface area contributed by atoms with Gasteiger partial charge in [0, 0.05) is 46.2 Å². The number of fused-ring (bicyclic) bond motifs is 1. The van der Waals surface area contributed by atoms with E-state index in [9.17, 15) is 23.2 Å². The van der Waals surface area contributed by atoms with Crippen LogP contribution in [0, 0.1) is 11.6 Å². The average molecular weight is 456 g/mol. The second kappa shape index (κ2) is 8.76. The Balaban J connectivity index is 1.66. The maximum atomic E-state index is 14.2. The number of Topliss-reactive ketones (excluding diaryl/α,β-unsaturated/α-hetero) is 1. The van der Waals surface area contributed by atoms with Gasteiger partial charge in [-0.05, 0) is 42.0 Å². The van der Waals surface area contributed by atoms with Gasteiger partial charge in [-0.2, -0.15) is 0 Å². The number of nitrogens with one attached hydrogen (secondary N) is 3. The van der Waals surface area contributed by atoms with Crippen molar-refractivity contribution < 1.29 is 18.4 Å². The molecule has 4 aromatic rings. The monoisotopic (exact) mass is 455 g/mol. The lowest BCUT2D eigenvalue weighted by molar-refractivity contribution is 0.0854. The van der Waals surface area contributed by atoms with Crippen LogP contribution in [0.2, 0.25) is 5.02 Å². The van der Waals surface area contributed by atoms with Crippen LogP contribution in [0.3, 0.4) is 0 Å². The molecule has 2 aromatic carbocycles. The summed E-state index contributed by atoms with van der Waals surface area (Å²) in [5.74, 6) is -2.80. The van der Waals surface area contributed by atoms with Crippen LogP contribution in [0.5, 0.6) is 0 Å². The molecule has 0 bridgehead atoms. The summed E-state index contributed by atoms with van der Waals surface area (Å²) in [5.41, 5.74) is 0.428. The average Bonchev–Trinajstić information content (AvgIpc) is 3.18. The first-order valence-corrected chi connectivity index (χ1v) is 9.94. The van der Waals surface area contributed by atoms with Crippen LogP contribution in [0.25, 0.3) is 10.9 Å². The third-order valence-corrected chi connectivity index (χ3v) is 5.18. The van der Waals surface area contributed by atoms with Crippen molar-refractivity contribution in [2.75, 3.05) is 0 Å². The third kappa shape index (κ3) is 4.60. The molecule has 0 aliphatic rings. The summed E-state index contributed by atoms with van der Waals surface area (Å²) >= 11 is 5.98. The van der Waals surface area contributed by atoms with Gasteiger partial charge in [0.25, 0.3) is 5.91 Å². The van der Waals surface area contributed by atoms with E-state index < -0.39 is 34.9 Å². The van der Waals surface area contributed by atoms with E-state index in [2.05, 4.69) is 15.3 Å². The molecule has 0 fully saturated rings. The number of benzene rings is 2. The first-order valence-electron chi connectivity index (χ1n) is 9.56. The van der Waals surface area contributed by atoms with E-state index >= 15 is 0 Å². The summed E-state index contributed by atoms with van der Waals surface area (Å²) in [7, 11) is 0. The van der Waals surface area contributed by atoms with Crippen LogP contribution in [0.1, 0.15) is 26.4 Å². The molecule has 3 N–H and O–H groups in total. The number of amides is 1. The maximum Gasteiger partial charge on any atom is 0.268 e. The lowest BCUT2D eigenvalue weighted by Crippen LogP contribution is -2.43. The third-order valence-electron chi connectivity index (χ3n) is 4.95. The molecule has 2 aromatic heterocycles. The Kier molecular flexibility index (Phi) is 5.87. The van der Waals surface area contributed by atoms with Crippen molar-refractivity contribution >= 4 is 34.2 Å². The molecule has 4 rings (SSSR count). The van der Waals surface area contributed by atoms with Gasteiger partial charge in [-0.25, -0.2) is 8.78 Å². The van der Waals surface area contributed by atoms with Crippen molar-refractivity contribution in [2.45, 2.75) is 12.5 Å². The number of hydrogen-bond donors (Lipinski definition) is 3. The molecule has 1 unspecified atom stereocenters. The zero-order chi connectivity index (χ0) is 22.8. The number of aromatic amines is 2. The first kappa shape index (κ1) is 21.5. The molecule has 0 saturated carbocycles. The van der Waals surface area contributed by atoms with Gasteiger partial charge in [-0.3, -0.25) is 14.4 Å². The van der Waals surface area contributed by atoms with Gasteiger partial charge in [-0.1, -0.05) is 17.7 Å². The summed E-state index contributed by atoms with van der Waals surface area (Å²) < 4.78 is 27.5. The Morgan fingerprint density at radius 1 is 1.03 bits per heavy atom. The zero-order valence-electron chi connectivity index (χ0n) is 16.4. The van der Waals surface area contributed by atoms with Crippen molar-refractivity contribution in [1.29, 1.82) is 0 Å². The lowest BCUT2D eigenvalue weighted by Gasteiger charge is -2.18. The fourth-order valence-electron chi connectivity index (χ4n) is 3.38. The minimum Gasteiger partial charge on any atom is -0.351 e. The molecular formula is C23H16ClF2N3O3. The highest BCUT2D eigenvalue weighted by molar-refractivity contribution is 6.31. The highest BCUT2D eigenvalue weighted by Crippen LogP contribution is 2.21. The summed E-state index contributed by atoms with van der Waals surface area (Å²) in [4.78, 5) is 42.9. The number of aromatic nitrogens is 2. The van der Waals surface area contributed by atoms with E-state index in [0.29, 0.717) is 22.0 Å². The Hall–Kier alpha value is -3.78. The van der Waals surface area contributed by atoms with Gasteiger partial charge in [0.05, 0.1) is 6.04 Å². The Labute approximate surface area is 185 Å². The fourth-order valence-corrected chi connectivity index (χ4v) is 3.56. The number of hydrogen-bond acceptors (Lipinski definition) is 3.